The molecule has 2 N–H and O–H groups in total. The Morgan fingerprint density at radius 1 is 0.970 bits per heavy atom. The molecular formula is C25H26Cl2N4O2. The topological polar surface area (TPSA) is 82.4 Å². The van der Waals surface area contributed by atoms with Gasteiger partial charge in [0.1, 0.15) is 17.6 Å². The highest BCUT2D eigenvalue weighted by atomic mass is 35.5. The van der Waals surface area contributed by atoms with E-state index < -0.39 is 0 Å². The number of benzene rings is 2. The average molecular weight is 485 g/mol. The van der Waals surface area contributed by atoms with Crippen molar-refractivity contribution >= 4 is 28.9 Å². The molecule has 3 aromatic rings. The summed E-state index contributed by atoms with van der Waals surface area (Å²) in [6, 6.07) is 14.3. The van der Waals surface area contributed by atoms with Crippen LogP contribution >= 0.6 is 23.2 Å². The molecule has 8 heteroatoms. The second kappa shape index (κ2) is 8.93. The Hall–Kier alpha value is -2.09. The summed E-state index contributed by atoms with van der Waals surface area (Å²) in [5, 5.41) is 5.52. The molecule has 0 radical (unpaired) electrons. The maximum Gasteiger partial charge on any atom is 0.145 e. The van der Waals surface area contributed by atoms with Gasteiger partial charge in [-0.05, 0) is 55.5 Å². The first kappa shape index (κ1) is 21.4. The molecule has 3 aliphatic rings. The number of hydrazine groups is 1. The van der Waals surface area contributed by atoms with Gasteiger partial charge >= 0.3 is 0 Å². The molecule has 0 amide bonds. The van der Waals surface area contributed by atoms with Gasteiger partial charge in [-0.3, -0.25) is 0 Å². The summed E-state index contributed by atoms with van der Waals surface area (Å²) in [7, 11) is 0. The van der Waals surface area contributed by atoms with Crippen molar-refractivity contribution in [2.24, 2.45) is 0 Å². The van der Waals surface area contributed by atoms with E-state index >= 15 is 0 Å². The first-order valence-electron chi connectivity index (χ1n) is 11.6. The monoisotopic (exact) mass is 484 g/mol. The molecule has 3 fully saturated rings. The second-order valence-electron chi connectivity index (χ2n) is 9.06. The van der Waals surface area contributed by atoms with Gasteiger partial charge in [0, 0.05) is 35.8 Å². The van der Waals surface area contributed by atoms with Crippen molar-refractivity contribution in [2.45, 2.75) is 50.5 Å². The Balaban J connectivity index is 1.12. The van der Waals surface area contributed by atoms with Crippen LogP contribution in [0.25, 0.3) is 11.3 Å². The molecule has 0 bridgehead atoms. The average Bonchev–Trinajstić information content (AvgIpc) is 3.77. The lowest BCUT2D eigenvalue weighted by Gasteiger charge is -2.33. The summed E-state index contributed by atoms with van der Waals surface area (Å²) in [5.41, 5.74) is 11.2. The van der Waals surface area contributed by atoms with Gasteiger partial charge in [-0.2, -0.15) is 0 Å². The van der Waals surface area contributed by atoms with Gasteiger partial charge in [0.2, 0.25) is 0 Å². The summed E-state index contributed by atoms with van der Waals surface area (Å²) >= 11 is 12.9. The zero-order valence-corrected chi connectivity index (χ0v) is 19.7. The van der Waals surface area contributed by atoms with Crippen LogP contribution in [0.1, 0.15) is 54.7 Å². The molecule has 0 unspecified atom stereocenters. The van der Waals surface area contributed by atoms with E-state index in [1.165, 1.54) is 11.3 Å². The van der Waals surface area contributed by atoms with Crippen molar-refractivity contribution in [1.82, 2.24) is 16.0 Å². The number of rotatable bonds is 7. The molecular weight excluding hydrogens is 459 g/mol. The van der Waals surface area contributed by atoms with Crippen LogP contribution in [0, 0.1) is 0 Å². The highest BCUT2D eigenvalue weighted by molar-refractivity contribution is 6.39. The molecule has 2 saturated heterocycles. The van der Waals surface area contributed by atoms with Crippen LogP contribution < -0.4 is 15.8 Å². The van der Waals surface area contributed by atoms with Gasteiger partial charge in [0.05, 0.1) is 22.8 Å². The third-order valence-corrected chi connectivity index (χ3v) is 7.38. The quantitative estimate of drug-likeness (QED) is 0.411. The van der Waals surface area contributed by atoms with E-state index in [1.54, 1.807) is 0 Å². The number of halogens is 2. The van der Waals surface area contributed by atoms with Gasteiger partial charge in [-0.1, -0.05) is 46.6 Å². The van der Waals surface area contributed by atoms with Gasteiger partial charge in [0.25, 0.3) is 0 Å². The Bertz CT molecular complexity index is 1110. The SMILES string of the molecule is Clc1cccc(Cl)c1-c1noc(C2CC2)c1COC1CCN(c2ccc(C3NN3)cc2)CC1. The molecule has 0 spiro atoms. The summed E-state index contributed by atoms with van der Waals surface area (Å²) in [4.78, 5) is 2.43. The maximum atomic E-state index is 6.47. The molecule has 1 saturated carbocycles. The minimum atomic E-state index is 0.205. The summed E-state index contributed by atoms with van der Waals surface area (Å²) < 4.78 is 12.2. The van der Waals surface area contributed by atoms with Crippen LogP contribution in [0.15, 0.2) is 47.0 Å². The zero-order chi connectivity index (χ0) is 22.4. The van der Waals surface area contributed by atoms with E-state index in [0.717, 1.165) is 55.7 Å². The Kier molecular flexibility index (Phi) is 5.80. The van der Waals surface area contributed by atoms with E-state index in [-0.39, 0.29) is 6.10 Å². The number of ether oxygens (including phenoxy) is 1. The van der Waals surface area contributed by atoms with E-state index in [0.29, 0.717) is 34.4 Å². The summed E-state index contributed by atoms with van der Waals surface area (Å²) in [5.74, 6) is 1.36. The van der Waals surface area contributed by atoms with E-state index in [2.05, 4.69) is 45.2 Å². The standard InChI is InChI=1S/C25H26Cl2N4O2/c26-20-2-1-3-21(27)22(20)23-19(24(33-30-23)15-4-5-15)14-32-18-10-12-31(13-11-18)17-8-6-16(7-9-17)25-28-29-25/h1-3,6-9,15,18,25,28-29H,4-5,10-14H2. The molecule has 172 valence electrons. The second-order valence-corrected chi connectivity index (χ2v) is 9.87. The molecule has 6 nitrogen and oxygen atoms in total. The lowest BCUT2D eigenvalue weighted by Crippen LogP contribution is -2.37. The fourth-order valence-electron chi connectivity index (χ4n) is 4.62. The lowest BCUT2D eigenvalue weighted by molar-refractivity contribution is 0.0246. The van der Waals surface area contributed by atoms with E-state index in [4.69, 9.17) is 32.5 Å². The molecule has 6 rings (SSSR count). The van der Waals surface area contributed by atoms with Gasteiger partial charge in [-0.15, -0.1) is 0 Å². The summed E-state index contributed by atoms with van der Waals surface area (Å²) in [6.07, 6.45) is 4.74. The normalized spacial score (nSPS) is 19.3. The molecule has 3 heterocycles. The Morgan fingerprint density at radius 3 is 2.30 bits per heavy atom. The van der Waals surface area contributed by atoms with Crippen molar-refractivity contribution < 1.29 is 9.26 Å². The molecule has 2 aromatic carbocycles. The van der Waals surface area contributed by atoms with Crippen molar-refractivity contribution in [2.75, 3.05) is 18.0 Å². The van der Waals surface area contributed by atoms with Crippen molar-refractivity contribution in [3.8, 4) is 11.3 Å². The van der Waals surface area contributed by atoms with Crippen LogP contribution in [-0.4, -0.2) is 24.4 Å². The zero-order valence-electron chi connectivity index (χ0n) is 18.2. The fourth-order valence-corrected chi connectivity index (χ4v) is 5.19. The maximum absolute atomic E-state index is 6.47. The molecule has 1 aliphatic carbocycles. The fraction of sp³-hybridized carbons (Fsp3) is 0.400. The lowest BCUT2D eigenvalue weighted by atomic mass is 10.0. The Morgan fingerprint density at radius 2 is 1.67 bits per heavy atom. The van der Waals surface area contributed by atoms with E-state index in [9.17, 15) is 0 Å². The van der Waals surface area contributed by atoms with Gasteiger partial charge < -0.3 is 14.2 Å². The van der Waals surface area contributed by atoms with Crippen molar-refractivity contribution in [3.63, 3.8) is 0 Å². The Labute approximate surface area is 203 Å². The molecule has 2 aliphatic heterocycles. The van der Waals surface area contributed by atoms with Gasteiger partial charge in [0.15, 0.2) is 0 Å². The van der Waals surface area contributed by atoms with Crippen LogP contribution in [0.4, 0.5) is 5.69 Å². The first-order chi connectivity index (χ1) is 16.2. The first-order valence-corrected chi connectivity index (χ1v) is 12.3. The van der Waals surface area contributed by atoms with E-state index in [1.807, 2.05) is 18.2 Å². The number of piperidine rings is 1. The number of hydrogen-bond acceptors (Lipinski definition) is 6. The van der Waals surface area contributed by atoms with Crippen LogP contribution in [0.5, 0.6) is 0 Å². The largest absolute Gasteiger partial charge is 0.373 e. The number of anilines is 1. The van der Waals surface area contributed by atoms with Crippen molar-refractivity contribution in [1.29, 1.82) is 0 Å². The number of hydrogen-bond donors (Lipinski definition) is 2. The number of aromatic nitrogens is 1. The highest BCUT2D eigenvalue weighted by Gasteiger charge is 2.34. The van der Waals surface area contributed by atoms with Crippen LogP contribution in [-0.2, 0) is 11.3 Å². The highest BCUT2D eigenvalue weighted by Crippen LogP contribution is 2.46. The third-order valence-electron chi connectivity index (χ3n) is 6.75. The minimum absolute atomic E-state index is 0.205. The number of nitrogens with zero attached hydrogens (tertiary/aromatic N) is 2. The predicted octanol–water partition coefficient (Wildman–Crippen LogP) is 5.82. The third kappa shape index (κ3) is 4.51. The molecule has 0 atom stereocenters. The van der Waals surface area contributed by atoms with Gasteiger partial charge in [-0.25, -0.2) is 10.9 Å². The van der Waals surface area contributed by atoms with Crippen molar-refractivity contribution in [3.05, 3.63) is 69.4 Å². The molecule has 1 aromatic heterocycles. The number of nitrogens with one attached hydrogen (secondary N) is 2. The predicted molar refractivity (Wildman–Crippen MR) is 129 cm³/mol. The summed E-state index contributed by atoms with van der Waals surface area (Å²) in [6.45, 7) is 2.42. The van der Waals surface area contributed by atoms with Crippen LogP contribution in [0.3, 0.4) is 0 Å². The molecule has 33 heavy (non-hydrogen) atoms. The smallest absolute Gasteiger partial charge is 0.145 e. The van der Waals surface area contributed by atoms with Crippen LogP contribution in [0.2, 0.25) is 10.0 Å². The minimum Gasteiger partial charge on any atom is -0.373 e.